The fourth-order valence-electron chi connectivity index (χ4n) is 0.531. The van der Waals surface area contributed by atoms with Crippen molar-refractivity contribution in [1.82, 2.24) is 0 Å². The van der Waals surface area contributed by atoms with Crippen molar-refractivity contribution < 1.29 is 19.0 Å². The van der Waals surface area contributed by atoms with Crippen LogP contribution in [0, 0.1) is 0 Å². The predicted octanol–water partition coefficient (Wildman–Crippen LogP) is 0.560. The Labute approximate surface area is 66.4 Å². The molecular formula is C7H14O4. The Morgan fingerprint density at radius 1 is 1.45 bits per heavy atom. The lowest BCUT2D eigenvalue weighted by molar-refractivity contribution is -0.145. The summed E-state index contributed by atoms with van der Waals surface area (Å²) in [7, 11) is 1.53. The van der Waals surface area contributed by atoms with Gasteiger partial charge in [0, 0.05) is 7.11 Å². The molecule has 0 spiro atoms. The molecule has 0 heterocycles. The maximum Gasteiger partial charge on any atom is 0.308 e. The number of ether oxygens (including phenoxy) is 3. The van der Waals surface area contributed by atoms with E-state index in [1.807, 2.05) is 0 Å². The summed E-state index contributed by atoms with van der Waals surface area (Å²) < 4.78 is 14.1. The molecule has 4 heteroatoms. The summed E-state index contributed by atoms with van der Waals surface area (Å²) in [6.45, 7) is 2.77. The van der Waals surface area contributed by atoms with Crippen LogP contribution in [0.15, 0.2) is 0 Å². The Morgan fingerprint density at radius 2 is 2.18 bits per heavy atom. The summed E-state index contributed by atoms with van der Waals surface area (Å²) >= 11 is 0. The Hall–Kier alpha value is -0.610. The first-order chi connectivity index (χ1) is 5.31. The van der Waals surface area contributed by atoms with Crippen LogP contribution in [-0.4, -0.2) is 33.1 Å². The highest BCUT2D eigenvalue weighted by atomic mass is 16.7. The quantitative estimate of drug-likeness (QED) is 0.325. The van der Waals surface area contributed by atoms with Crippen molar-refractivity contribution in [3.8, 4) is 0 Å². The number of hydrogen-bond donors (Lipinski definition) is 0. The maximum absolute atomic E-state index is 10.7. The van der Waals surface area contributed by atoms with Gasteiger partial charge >= 0.3 is 5.97 Å². The minimum absolute atomic E-state index is 0.222. The molecule has 0 unspecified atom stereocenters. The second-order valence-corrected chi connectivity index (χ2v) is 1.87. The first kappa shape index (κ1) is 10.4. The van der Waals surface area contributed by atoms with Crippen molar-refractivity contribution in [1.29, 1.82) is 0 Å². The lowest BCUT2D eigenvalue weighted by atomic mass is 10.5. The van der Waals surface area contributed by atoms with E-state index >= 15 is 0 Å². The number of carbonyl (C=O) groups excluding carboxylic acids is 1. The highest BCUT2D eigenvalue weighted by Gasteiger charge is 1.99. The van der Waals surface area contributed by atoms with Gasteiger partial charge in [-0.1, -0.05) is 0 Å². The minimum atomic E-state index is -0.233. The molecule has 0 rings (SSSR count). The molecule has 0 amide bonds. The Kier molecular flexibility index (Phi) is 7.08. The van der Waals surface area contributed by atoms with Crippen LogP contribution in [0.5, 0.6) is 0 Å². The van der Waals surface area contributed by atoms with Crippen LogP contribution < -0.4 is 0 Å². The molecular weight excluding hydrogens is 148 g/mol. The van der Waals surface area contributed by atoms with Gasteiger partial charge in [0.1, 0.15) is 6.79 Å². The average molecular weight is 162 g/mol. The molecule has 0 aliphatic rings. The van der Waals surface area contributed by atoms with Gasteiger partial charge in [-0.2, -0.15) is 0 Å². The van der Waals surface area contributed by atoms with Gasteiger partial charge in [-0.05, 0) is 6.92 Å². The second-order valence-electron chi connectivity index (χ2n) is 1.87. The van der Waals surface area contributed by atoms with Crippen molar-refractivity contribution in [3.63, 3.8) is 0 Å². The Bertz CT molecular complexity index is 103. The van der Waals surface area contributed by atoms with Crippen LogP contribution in [0.3, 0.4) is 0 Å². The van der Waals surface area contributed by atoms with Crippen molar-refractivity contribution in [2.45, 2.75) is 13.3 Å². The molecule has 0 aromatic heterocycles. The van der Waals surface area contributed by atoms with E-state index in [1.165, 1.54) is 7.11 Å². The normalized spacial score (nSPS) is 9.64. The zero-order valence-corrected chi connectivity index (χ0v) is 6.96. The molecule has 0 N–H and O–H groups in total. The van der Waals surface area contributed by atoms with Gasteiger partial charge in [-0.25, -0.2) is 0 Å². The summed E-state index contributed by atoms with van der Waals surface area (Å²) in [5.41, 5.74) is 0. The predicted molar refractivity (Wildman–Crippen MR) is 39.1 cm³/mol. The van der Waals surface area contributed by atoms with E-state index < -0.39 is 0 Å². The van der Waals surface area contributed by atoms with E-state index in [0.717, 1.165) is 0 Å². The van der Waals surface area contributed by atoms with Crippen molar-refractivity contribution in [3.05, 3.63) is 0 Å². The fraction of sp³-hybridized carbons (Fsp3) is 0.857. The third-order valence-corrected chi connectivity index (χ3v) is 0.957. The fourth-order valence-corrected chi connectivity index (χ4v) is 0.531. The largest absolute Gasteiger partial charge is 0.466 e. The van der Waals surface area contributed by atoms with Crippen LogP contribution in [0.25, 0.3) is 0 Å². The maximum atomic E-state index is 10.7. The minimum Gasteiger partial charge on any atom is -0.466 e. The summed E-state index contributed by atoms with van der Waals surface area (Å²) in [6, 6.07) is 0. The molecule has 0 aromatic carbocycles. The van der Waals surface area contributed by atoms with Gasteiger partial charge in [0.25, 0.3) is 0 Å². The zero-order valence-electron chi connectivity index (χ0n) is 6.96. The zero-order chi connectivity index (χ0) is 8.53. The molecule has 0 aliphatic heterocycles. The van der Waals surface area contributed by atoms with Gasteiger partial charge in [0.15, 0.2) is 0 Å². The Morgan fingerprint density at radius 3 is 2.73 bits per heavy atom. The lowest BCUT2D eigenvalue weighted by Crippen LogP contribution is -2.08. The van der Waals surface area contributed by atoms with Crippen LogP contribution in [0.2, 0.25) is 0 Å². The highest BCUT2D eigenvalue weighted by molar-refractivity contribution is 5.69. The van der Waals surface area contributed by atoms with Gasteiger partial charge in [0.05, 0.1) is 19.6 Å². The molecule has 11 heavy (non-hydrogen) atoms. The molecule has 0 radical (unpaired) electrons. The van der Waals surface area contributed by atoms with Crippen LogP contribution in [0.1, 0.15) is 13.3 Å². The van der Waals surface area contributed by atoms with E-state index in [-0.39, 0.29) is 19.2 Å². The first-order valence-corrected chi connectivity index (χ1v) is 3.53. The number of carbonyl (C=O) groups is 1. The highest BCUT2D eigenvalue weighted by Crippen LogP contribution is 1.87. The third kappa shape index (κ3) is 7.29. The number of methoxy groups -OCH3 is 1. The van der Waals surface area contributed by atoms with E-state index in [0.29, 0.717) is 13.2 Å². The van der Waals surface area contributed by atoms with Gasteiger partial charge in [-0.15, -0.1) is 0 Å². The summed E-state index contributed by atoms with van der Waals surface area (Å²) in [5.74, 6) is -0.233. The SMILES string of the molecule is CCOC(=O)CCOCOC. The summed E-state index contributed by atoms with van der Waals surface area (Å²) in [5, 5.41) is 0. The molecule has 4 nitrogen and oxygen atoms in total. The molecule has 0 fully saturated rings. The molecule has 0 saturated carbocycles. The molecule has 66 valence electrons. The first-order valence-electron chi connectivity index (χ1n) is 3.53. The molecule has 0 saturated heterocycles. The van der Waals surface area contributed by atoms with Crippen LogP contribution in [-0.2, 0) is 19.0 Å². The number of hydrogen-bond acceptors (Lipinski definition) is 4. The standard InChI is InChI=1S/C7H14O4/c1-3-11-7(8)4-5-10-6-9-2/h3-6H2,1-2H3. The second kappa shape index (κ2) is 7.50. The monoisotopic (exact) mass is 162 g/mol. The van der Waals surface area contributed by atoms with E-state index in [4.69, 9.17) is 4.74 Å². The smallest absolute Gasteiger partial charge is 0.308 e. The Balaban J connectivity index is 3.04. The molecule has 0 atom stereocenters. The van der Waals surface area contributed by atoms with Crippen molar-refractivity contribution in [2.75, 3.05) is 27.1 Å². The molecule has 0 aromatic rings. The molecule has 0 bridgehead atoms. The van der Waals surface area contributed by atoms with Crippen molar-refractivity contribution in [2.24, 2.45) is 0 Å². The summed E-state index contributed by atoms with van der Waals surface area (Å²) in [6.07, 6.45) is 0.289. The lowest BCUT2D eigenvalue weighted by Gasteiger charge is -2.01. The van der Waals surface area contributed by atoms with Gasteiger partial charge in [0.2, 0.25) is 0 Å². The third-order valence-electron chi connectivity index (χ3n) is 0.957. The summed E-state index contributed by atoms with van der Waals surface area (Å²) in [4.78, 5) is 10.7. The van der Waals surface area contributed by atoms with E-state index in [1.54, 1.807) is 6.92 Å². The van der Waals surface area contributed by atoms with Crippen LogP contribution in [0.4, 0.5) is 0 Å². The van der Waals surface area contributed by atoms with E-state index in [9.17, 15) is 4.79 Å². The number of esters is 1. The van der Waals surface area contributed by atoms with Crippen LogP contribution >= 0.6 is 0 Å². The van der Waals surface area contributed by atoms with Crippen molar-refractivity contribution >= 4 is 5.97 Å². The molecule has 0 aliphatic carbocycles. The topological polar surface area (TPSA) is 44.8 Å². The number of rotatable bonds is 6. The van der Waals surface area contributed by atoms with E-state index in [2.05, 4.69) is 9.47 Å². The van der Waals surface area contributed by atoms with Gasteiger partial charge in [-0.3, -0.25) is 4.79 Å². The average Bonchev–Trinajstić information content (AvgIpc) is 1.99. The van der Waals surface area contributed by atoms with Gasteiger partial charge < -0.3 is 14.2 Å².